The van der Waals surface area contributed by atoms with E-state index in [9.17, 15) is 13.2 Å². The van der Waals surface area contributed by atoms with Gasteiger partial charge in [-0.15, -0.1) is 0 Å². The van der Waals surface area contributed by atoms with Crippen LogP contribution < -0.4 is 5.73 Å². The summed E-state index contributed by atoms with van der Waals surface area (Å²) in [6, 6.07) is 0. The first-order chi connectivity index (χ1) is 8.29. The van der Waals surface area contributed by atoms with Crippen molar-refractivity contribution < 1.29 is 13.2 Å². The highest BCUT2D eigenvalue weighted by atomic mass is 32.2. The fourth-order valence-corrected chi connectivity index (χ4v) is 4.98. The first-order valence-corrected chi connectivity index (χ1v) is 9.17. The van der Waals surface area contributed by atoms with Crippen LogP contribution in [0.2, 0.25) is 0 Å². The number of amides is 1. The second-order valence-corrected chi connectivity index (χ2v) is 8.08. The lowest BCUT2D eigenvalue weighted by molar-refractivity contribution is -0.133. The summed E-state index contributed by atoms with van der Waals surface area (Å²) in [5.41, 5.74) is 5.54. The highest BCUT2D eigenvalue weighted by Crippen LogP contribution is 2.23. The summed E-state index contributed by atoms with van der Waals surface area (Å²) in [4.78, 5) is 13.9. The van der Waals surface area contributed by atoms with Gasteiger partial charge in [-0.05, 0) is 6.42 Å². The second kappa shape index (κ2) is 6.21. The number of carbonyl (C=O) groups excluding carboxylic acids is 1. The molecule has 0 spiro atoms. The second-order valence-electron chi connectivity index (χ2n) is 4.25. The molecule has 1 aliphatic heterocycles. The first-order valence-electron chi connectivity index (χ1n) is 5.65. The van der Waals surface area contributed by atoms with Crippen molar-refractivity contribution in [3.05, 3.63) is 0 Å². The molecule has 18 heavy (non-hydrogen) atoms. The molecule has 0 radical (unpaired) electrons. The van der Waals surface area contributed by atoms with Crippen molar-refractivity contribution in [2.24, 2.45) is 11.7 Å². The Bertz CT molecular complexity index is 436. The summed E-state index contributed by atoms with van der Waals surface area (Å²) >= 11 is 6.41. The quantitative estimate of drug-likeness (QED) is 0.750. The van der Waals surface area contributed by atoms with Crippen molar-refractivity contribution in [2.45, 2.75) is 18.7 Å². The molecule has 1 saturated heterocycles. The molecule has 0 aliphatic carbocycles. The van der Waals surface area contributed by atoms with Gasteiger partial charge in [0.05, 0.1) is 10.9 Å². The Balaban J connectivity index is 2.97. The van der Waals surface area contributed by atoms with Gasteiger partial charge in [-0.3, -0.25) is 4.79 Å². The molecule has 1 aliphatic rings. The van der Waals surface area contributed by atoms with Gasteiger partial charge in [0.15, 0.2) is 9.84 Å². The predicted octanol–water partition coefficient (Wildman–Crippen LogP) is 0.245. The van der Waals surface area contributed by atoms with Crippen molar-refractivity contribution in [3.63, 3.8) is 0 Å². The van der Waals surface area contributed by atoms with E-state index in [1.807, 2.05) is 6.92 Å². The van der Waals surface area contributed by atoms with E-state index in [1.165, 1.54) is 4.90 Å². The van der Waals surface area contributed by atoms with Gasteiger partial charge in [-0.2, -0.15) is 11.8 Å². The van der Waals surface area contributed by atoms with Crippen molar-refractivity contribution in [3.8, 4) is 0 Å². The van der Waals surface area contributed by atoms with Crippen LogP contribution in [-0.2, 0) is 14.6 Å². The number of hydrogen-bond acceptors (Lipinski definition) is 5. The molecule has 0 aromatic carbocycles. The number of nitrogens with two attached hydrogens (primary N) is 1. The van der Waals surface area contributed by atoms with E-state index in [2.05, 4.69) is 0 Å². The van der Waals surface area contributed by atoms with Crippen LogP contribution in [0.1, 0.15) is 13.3 Å². The maximum atomic E-state index is 12.3. The van der Waals surface area contributed by atoms with Crippen LogP contribution in [0.4, 0.5) is 0 Å². The fraction of sp³-hybridized carbons (Fsp3) is 0.800. The van der Waals surface area contributed by atoms with Crippen LogP contribution in [0, 0.1) is 5.92 Å². The Morgan fingerprint density at radius 2 is 2.22 bits per heavy atom. The predicted molar refractivity (Wildman–Crippen MR) is 78.2 cm³/mol. The van der Waals surface area contributed by atoms with E-state index in [-0.39, 0.29) is 10.9 Å². The Morgan fingerprint density at radius 3 is 2.67 bits per heavy atom. The standard InChI is InChI=1S/C10H18N2O3S3/c1-3-7(9(11)16)10(13)12-4-5-17-6-8(12)18(2,14)15/h7-8H,3-6H2,1-2H3,(H2,11,16). The maximum Gasteiger partial charge on any atom is 0.233 e. The smallest absolute Gasteiger partial charge is 0.233 e. The van der Waals surface area contributed by atoms with Gasteiger partial charge in [0.2, 0.25) is 5.91 Å². The molecule has 5 nitrogen and oxygen atoms in total. The van der Waals surface area contributed by atoms with Crippen molar-refractivity contribution >= 4 is 44.7 Å². The van der Waals surface area contributed by atoms with Crippen LogP contribution in [0.3, 0.4) is 0 Å². The van der Waals surface area contributed by atoms with Crippen molar-refractivity contribution in [1.82, 2.24) is 4.90 Å². The number of nitrogens with zero attached hydrogens (tertiary/aromatic N) is 1. The summed E-state index contributed by atoms with van der Waals surface area (Å²) in [5.74, 6) is 0.331. The van der Waals surface area contributed by atoms with Gasteiger partial charge in [0.25, 0.3) is 0 Å². The molecule has 0 bridgehead atoms. The monoisotopic (exact) mass is 310 g/mol. The minimum absolute atomic E-state index is 0.132. The van der Waals surface area contributed by atoms with Gasteiger partial charge in [0.1, 0.15) is 5.37 Å². The normalized spacial score (nSPS) is 22.6. The van der Waals surface area contributed by atoms with Crippen molar-refractivity contribution in [1.29, 1.82) is 0 Å². The van der Waals surface area contributed by atoms with Crippen LogP contribution in [0.5, 0.6) is 0 Å². The Hall–Kier alpha value is -0.340. The van der Waals surface area contributed by atoms with E-state index >= 15 is 0 Å². The SMILES string of the molecule is CCC(C(=O)N1CCSCC1S(C)(=O)=O)C(N)=S. The Labute approximate surface area is 117 Å². The van der Waals surface area contributed by atoms with Gasteiger partial charge in [0, 0.05) is 24.3 Å². The molecule has 1 fully saturated rings. The molecule has 2 unspecified atom stereocenters. The number of thiocarbonyl (C=S) groups is 1. The lowest BCUT2D eigenvalue weighted by atomic mass is 10.1. The van der Waals surface area contributed by atoms with E-state index in [0.717, 1.165) is 12.0 Å². The zero-order valence-electron chi connectivity index (χ0n) is 10.5. The van der Waals surface area contributed by atoms with Crippen molar-refractivity contribution in [2.75, 3.05) is 24.3 Å². The molecular formula is C10H18N2O3S3. The molecule has 1 amide bonds. The summed E-state index contributed by atoms with van der Waals surface area (Å²) < 4.78 is 23.4. The summed E-state index contributed by atoms with van der Waals surface area (Å²) in [6.07, 6.45) is 1.65. The zero-order chi connectivity index (χ0) is 13.9. The summed E-state index contributed by atoms with van der Waals surface area (Å²) in [7, 11) is -3.29. The summed E-state index contributed by atoms with van der Waals surface area (Å²) in [5, 5.41) is -0.757. The van der Waals surface area contributed by atoms with Gasteiger partial charge >= 0.3 is 0 Å². The highest BCUT2D eigenvalue weighted by molar-refractivity contribution is 8.00. The van der Waals surface area contributed by atoms with E-state index in [0.29, 0.717) is 18.7 Å². The molecular weight excluding hydrogens is 292 g/mol. The number of carbonyl (C=O) groups is 1. The number of thioether (sulfide) groups is 1. The average Bonchev–Trinajstić information content (AvgIpc) is 2.28. The lowest BCUT2D eigenvalue weighted by Crippen LogP contribution is -2.53. The minimum atomic E-state index is -3.29. The molecule has 1 rings (SSSR count). The lowest BCUT2D eigenvalue weighted by Gasteiger charge is -2.36. The maximum absolute atomic E-state index is 12.3. The highest BCUT2D eigenvalue weighted by Gasteiger charge is 2.37. The number of rotatable bonds is 4. The van der Waals surface area contributed by atoms with Crippen LogP contribution >= 0.6 is 24.0 Å². The first kappa shape index (κ1) is 15.7. The molecule has 0 aromatic heterocycles. The van der Waals surface area contributed by atoms with Gasteiger partial charge in [-0.1, -0.05) is 19.1 Å². The Kier molecular flexibility index (Phi) is 5.42. The third kappa shape index (κ3) is 3.58. The molecule has 0 aromatic rings. The van der Waals surface area contributed by atoms with Crippen LogP contribution in [-0.4, -0.2) is 53.9 Å². The molecule has 1 heterocycles. The van der Waals surface area contributed by atoms with E-state index in [4.69, 9.17) is 18.0 Å². The van der Waals surface area contributed by atoms with E-state index in [1.54, 1.807) is 11.8 Å². The minimum Gasteiger partial charge on any atom is -0.393 e. The molecule has 2 atom stereocenters. The third-order valence-electron chi connectivity index (χ3n) is 2.91. The Morgan fingerprint density at radius 1 is 1.61 bits per heavy atom. The molecule has 8 heteroatoms. The number of sulfone groups is 1. The number of hydrogen-bond donors (Lipinski definition) is 1. The zero-order valence-corrected chi connectivity index (χ0v) is 12.9. The van der Waals surface area contributed by atoms with Crippen LogP contribution in [0.25, 0.3) is 0 Å². The van der Waals surface area contributed by atoms with Crippen LogP contribution in [0.15, 0.2) is 0 Å². The molecule has 0 saturated carbocycles. The summed E-state index contributed by atoms with van der Waals surface area (Å²) in [6.45, 7) is 2.25. The van der Waals surface area contributed by atoms with Gasteiger partial charge < -0.3 is 10.6 Å². The van der Waals surface area contributed by atoms with E-state index < -0.39 is 21.1 Å². The topological polar surface area (TPSA) is 80.5 Å². The molecule has 104 valence electrons. The molecule has 2 N–H and O–H groups in total. The fourth-order valence-electron chi connectivity index (χ4n) is 1.89. The average molecular weight is 310 g/mol. The largest absolute Gasteiger partial charge is 0.393 e. The third-order valence-corrected chi connectivity index (χ3v) is 5.84. The van der Waals surface area contributed by atoms with Gasteiger partial charge in [-0.25, -0.2) is 8.42 Å².